The number of anilines is 3. The van der Waals surface area contributed by atoms with Crippen LogP contribution in [0, 0.1) is 6.92 Å². The number of nitrogens with zero attached hydrogens (tertiary/aromatic N) is 1. The maximum Gasteiger partial charge on any atom is 0.0540 e. The summed E-state index contributed by atoms with van der Waals surface area (Å²) in [5.74, 6) is 1.39. The highest BCUT2D eigenvalue weighted by Crippen LogP contribution is 2.57. The van der Waals surface area contributed by atoms with E-state index in [0.29, 0.717) is 11.8 Å². The summed E-state index contributed by atoms with van der Waals surface area (Å²) in [5, 5.41) is 2.73. The summed E-state index contributed by atoms with van der Waals surface area (Å²) in [4.78, 5) is 2.55. The van der Waals surface area contributed by atoms with E-state index in [-0.39, 0.29) is 10.8 Å². The summed E-state index contributed by atoms with van der Waals surface area (Å²) in [6.07, 6.45) is 13.5. The van der Waals surface area contributed by atoms with Gasteiger partial charge in [0.1, 0.15) is 0 Å². The molecule has 0 heterocycles. The van der Waals surface area contributed by atoms with E-state index in [1.165, 1.54) is 153 Å². The second-order valence-corrected chi connectivity index (χ2v) is 18.3. The van der Waals surface area contributed by atoms with Crippen LogP contribution >= 0.6 is 0 Å². The maximum absolute atomic E-state index is 2.57. The standard InChI is InChI=1S/C53H55N/c1-34-19-28-41-44-32-49-45(33-48(44)53(4,5)47(41)31-34)42-29-30-50(43-17-12-18-46(51(42)43)52(49,2)3)54(39-24-20-37(21-25-39)35-13-8-6-9-14-35)40-26-22-38(23-27-40)36-15-10-7-11-16-36/h12,17-33,35-36H,6-11,13-16H2,1-5H3. The van der Waals surface area contributed by atoms with E-state index in [1.807, 2.05) is 0 Å². The van der Waals surface area contributed by atoms with Crippen LogP contribution in [-0.4, -0.2) is 0 Å². The molecule has 0 bridgehead atoms. The zero-order valence-corrected chi connectivity index (χ0v) is 33.1. The molecule has 2 fully saturated rings. The summed E-state index contributed by atoms with van der Waals surface area (Å²) in [7, 11) is 0. The minimum absolute atomic E-state index is 0.0454. The monoisotopic (exact) mass is 705 g/mol. The van der Waals surface area contributed by atoms with E-state index in [2.05, 4.69) is 149 Å². The van der Waals surface area contributed by atoms with Crippen molar-refractivity contribution in [1.82, 2.24) is 0 Å². The molecule has 54 heavy (non-hydrogen) atoms. The summed E-state index contributed by atoms with van der Waals surface area (Å²) < 4.78 is 0. The van der Waals surface area contributed by atoms with Crippen molar-refractivity contribution in [3.63, 3.8) is 0 Å². The Kier molecular flexibility index (Phi) is 7.99. The van der Waals surface area contributed by atoms with Crippen molar-refractivity contribution in [2.24, 2.45) is 0 Å². The lowest BCUT2D eigenvalue weighted by molar-refractivity contribution is 0.443. The van der Waals surface area contributed by atoms with E-state index in [1.54, 1.807) is 0 Å². The van der Waals surface area contributed by atoms with Crippen molar-refractivity contribution in [1.29, 1.82) is 0 Å². The lowest BCUT2D eigenvalue weighted by Crippen LogP contribution is -2.25. The van der Waals surface area contributed by atoms with Crippen LogP contribution in [0.2, 0.25) is 0 Å². The summed E-state index contributed by atoms with van der Waals surface area (Å²) >= 11 is 0. The quantitative estimate of drug-likeness (QED) is 0.173. The summed E-state index contributed by atoms with van der Waals surface area (Å²) in [6, 6.07) is 43.5. The average Bonchev–Trinajstić information content (AvgIpc) is 3.42. The normalized spacial score (nSPS) is 18.6. The van der Waals surface area contributed by atoms with E-state index < -0.39 is 0 Å². The highest BCUT2D eigenvalue weighted by atomic mass is 15.1. The predicted octanol–water partition coefficient (Wildman–Crippen LogP) is 15.3. The van der Waals surface area contributed by atoms with Gasteiger partial charge in [-0.25, -0.2) is 0 Å². The number of rotatable bonds is 5. The van der Waals surface area contributed by atoms with Gasteiger partial charge in [-0.2, -0.15) is 0 Å². The van der Waals surface area contributed by atoms with Crippen LogP contribution in [0.5, 0.6) is 0 Å². The van der Waals surface area contributed by atoms with Crippen molar-refractivity contribution < 1.29 is 0 Å². The van der Waals surface area contributed by atoms with Crippen LogP contribution in [0.25, 0.3) is 33.0 Å². The van der Waals surface area contributed by atoms with Gasteiger partial charge >= 0.3 is 0 Å². The average molecular weight is 706 g/mol. The second kappa shape index (κ2) is 12.7. The van der Waals surface area contributed by atoms with Crippen LogP contribution in [-0.2, 0) is 10.8 Å². The maximum atomic E-state index is 2.57. The van der Waals surface area contributed by atoms with Gasteiger partial charge < -0.3 is 4.90 Å². The molecule has 6 aromatic carbocycles. The number of hydrogen-bond acceptors (Lipinski definition) is 1. The Bertz CT molecular complexity index is 2330. The molecule has 0 amide bonds. The Morgan fingerprint density at radius 3 is 1.54 bits per heavy atom. The van der Waals surface area contributed by atoms with Gasteiger partial charge in [-0.3, -0.25) is 0 Å². The van der Waals surface area contributed by atoms with Crippen LogP contribution in [0.4, 0.5) is 17.1 Å². The first-order valence-electron chi connectivity index (χ1n) is 21.1. The second-order valence-electron chi connectivity index (χ2n) is 18.3. The van der Waals surface area contributed by atoms with Crippen molar-refractivity contribution in [2.45, 2.75) is 121 Å². The van der Waals surface area contributed by atoms with Gasteiger partial charge in [-0.05, 0) is 148 Å². The van der Waals surface area contributed by atoms with Crippen LogP contribution < -0.4 is 4.90 Å². The Hall–Kier alpha value is -4.62. The molecule has 4 aliphatic carbocycles. The molecule has 10 rings (SSSR count). The summed E-state index contributed by atoms with van der Waals surface area (Å²) in [6.45, 7) is 12.0. The first-order chi connectivity index (χ1) is 26.2. The lowest BCUT2D eigenvalue weighted by atomic mass is 9.67. The van der Waals surface area contributed by atoms with E-state index in [4.69, 9.17) is 0 Å². The molecule has 0 aromatic heterocycles. The Morgan fingerprint density at radius 1 is 0.463 bits per heavy atom. The van der Waals surface area contributed by atoms with E-state index >= 15 is 0 Å². The smallest absolute Gasteiger partial charge is 0.0540 e. The fourth-order valence-corrected chi connectivity index (χ4v) is 11.2. The van der Waals surface area contributed by atoms with Gasteiger partial charge in [-0.15, -0.1) is 0 Å². The van der Waals surface area contributed by atoms with Gasteiger partial charge in [0, 0.05) is 27.6 Å². The molecule has 0 atom stereocenters. The molecule has 0 aliphatic heterocycles. The van der Waals surface area contributed by atoms with Crippen molar-refractivity contribution in [3.05, 3.63) is 148 Å². The third-order valence-electron chi connectivity index (χ3n) is 14.3. The summed E-state index contributed by atoms with van der Waals surface area (Å²) in [5.41, 5.74) is 19.2. The Labute approximate surface area is 323 Å². The molecule has 0 unspecified atom stereocenters. The van der Waals surface area contributed by atoms with Crippen molar-refractivity contribution in [2.75, 3.05) is 4.90 Å². The lowest BCUT2D eigenvalue weighted by Gasteiger charge is -2.37. The fourth-order valence-electron chi connectivity index (χ4n) is 11.2. The third-order valence-corrected chi connectivity index (χ3v) is 14.3. The minimum Gasteiger partial charge on any atom is -0.310 e. The number of benzene rings is 6. The molecule has 0 spiro atoms. The van der Waals surface area contributed by atoms with E-state index in [9.17, 15) is 0 Å². The topological polar surface area (TPSA) is 3.24 Å². The number of fused-ring (bicyclic) bond motifs is 5. The number of hydrogen-bond donors (Lipinski definition) is 0. The van der Waals surface area contributed by atoms with Crippen molar-refractivity contribution in [3.8, 4) is 22.3 Å². The first-order valence-corrected chi connectivity index (χ1v) is 21.1. The van der Waals surface area contributed by atoms with Gasteiger partial charge in [0.2, 0.25) is 0 Å². The largest absolute Gasteiger partial charge is 0.310 e. The van der Waals surface area contributed by atoms with Crippen molar-refractivity contribution >= 4 is 27.8 Å². The van der Waals surface area contributed by atoms with Gasteiger partial charge in [0.05, 0.1) is 5.69 Å². The molecule has 1 heteroatoms. The fraction of sp³-hybridized carbons (Fsp3) is 0.358. The molecule has 272 valence electrons. The number of aryl methyl sites for hydroxylation is 1. The molecule has 6 aromatic rings. The van der Waals surface area contributed by atoms with Crippen LogP contribution in [0.1, 0.15) is 143 Å². The zero-order chi connectivity index (χ0) is 36.8. The minimum atomic E-state index is -0.152. The highest BCUT2D eigenvalue weighted by Gasteiger charge is 2.41. The third kappa shape index (κ3) is 5.25. The predicted molar refractivity (Wildman–Crippen MR) is 230 cm³/mol. The molecule has 1 nitrogen and oxygen atoms in total. The Balaban J connectivity index is 1.14. The molecule has 4 aliphatic rings. The molecule has 2 saturated carbocycles. The van der Waals surface area contributed by atoms with Gasteiger partial charge in [0.15, 0.2) is 0 Å². The molecular weight excluding hydrogens is 651 g/mol. The van der Waals surface area contributed by atoms with Crippen LogP contribution in [0.15, 0.2) is 109 Å². The highest BCUT2D eigenvalue weighted by molar-refractivity contribution is 6.10. The van der Waals surface area contributed by atoms with E-state index in [0.717, 1.165) is 0 Å². The molecular formula is C53H55N. The van der Waals surface area contributed by atoms with Gasteiger partial charge in [-0.1, -0.05) is 139 Å². The zero-order valence-electron chi connectivity index (χ0n) is 33.1. The SMILES string of the molecule is Cc1ccc2c(c1)C(C)(C)c1cc3c(cc1-2)C(C)(C)c1cccc2c(N(c4ccc(C5CCCCC5)cc4)c4ccc(C5CCCCC5)cc4)ccc-3c12. The van der Waals surface area contributed by atoms with Gasteiger partial charge in [0.25, 0.3) is 0 Å². The molecule has 0 saturated heterocycles. The molecule has 0 radical (unpaired) electrons. The Morgan fingerprint density at radius 2 is 0.963 bits per heavy atom. The first kappa shape index (κ1) is 33.9. The molecule has 0 N–H and O–H groups in total. The van der Waals surface area contributed by atoms with Crippen LogP contribution in [0.3, 0.4) is 0 Å².